The molecule has 1 heterocycles. The first-order chi connectivity index (χ1) is 11.8. The van der Waals surface area contributed by atoms with Gasteiger partial charge in [0.15, 0.2) is 0 Å². The number of carboxylic acids is 1. The van der Waals surface area contributed by atoms with Crippen LogP contribution in [0.4, 0.5) is 0 Å². The SMILES string of the molecule is CC(=O)NC(C(=O)N1C[C@@H](Oc2ccccc2)C[C@H]1C(=O)O)C(C)C. The topological polar surface area (TPSA) is 95.9 Å². The molecule has 1 fully saturated rings. The first-order valence-electron chi connectivity index (χ1n) is 8.31. The van der Waals surface area contributed by atoms with Crippen molar-refractivity contribution in [1.82, 2.24) is 10.2 Å². The van der Waals surface area contributed by atoms with E-state index in [4.69, 9.17) is 4.74 Å². The summed E-state index contributed by atoms with van der Waals surface area (Å²) in [6, 6.07) is 7.37. The van der Waals surface area contributed by atoms with Crippen LogP contribution in [0, 0.1) is 5.92 Å². The third-order valence-electron chi connectivity index (χ3n) is 4.17. The van der Waals surface area contributed by atoms with Gasteiger partial charge in [0.1, 0.15) is 23.9 Å². The maximum absolute atomic E-state index is 12.8. The number of nitrogens with one attached hydrogen (secondary N) is 1. The minimum Gasteiger partial charge on any atom is -0.488 e. The Bertz CT molecular complexity index is 632. The number of carbonyl (C=O) groups excluding carboxylic acids is 2. The summed E-state index contributed by atoms with van der Waals surface area (Å²) in [5.41, 5.74) is 0. The molecule has 2 rings (SSSR count). The Morgan fingerprint density at radius 3 is 2.40 bits per heavy atom. The van der Waals surface area contributed by atoms with E-state index in [9.17, 15) is 19.5 Å². The Kier molecular flexibility index (Phi) is 6.01. The number of nitrogens with zero attached hydrogens (tertiary/aromatic N) is 1. The summed E-state index contributed by atoms with van der Waals surface area (Å²) in [5, 5.41) is 12.1. The quantitative estimate of drug-likeness (QED) is 0.807. The molecule has 0 saturated carbocycles. The third-order valence-corrected chi connectivity index (χ3v) is 4.17. The van der Waals surface area contributed by atoms with Crippen molar-refractivity contribution >= 4 is 17.8 Å². The van der Waals surface area contributed by atoms with Gasteiger partial charge >= 0.3 is 5.97 Å². The number of hydrogen-bond acceptors (Lipinski definition) is 4. The van der Waals surface area contributed by atoms with Crippen LogP contribution in [0.2, 0.25) is 0 Å². The average Bonchev–Trinajstić information content (AvgIpc) is 2.96. The van der Waals surface area contributed by atoms with Gasteiger partial charge in [0.2, 0.25) is 11.8 Å². The van der Waals surface area contributed by atoms with E-state index >= 15 is 0 Å². The lowest BCUT2D eigenvalue weighted by atomic mass is 10.0. The Hall–Kier alpha value is -2.57. The molecule has 1 unspecified atom stereocenters. The molecule has 0 spiro atoms. The smallest absolute Gasteiger partial charge is 0.326 e. The van der Waals surface area contributed by atoms with Crippen LogP contribution in [0.1, 0.15) is 27.2 Å². The highest BCUT2D eigenvalue weighted by Crippen LogP contribution is 2.25. The molecule has 7 nitrogen and oxygen atoms in total. The molecule has 7 heteroatoms. The van der Waals surface area contributed by atoms with E-state index < -0.39 is 30.1 Å². The van der Waals surface area contributed by atoms with Gasteiger partial charge in [-0.1, -0.05) is 32.0 Å². The molecule has 3 atom stereocenters. The van der Waals surface area contributed by atoms with E-state index in [0.29, 0.717) is 5.75 Å². The third kappa shape index (κ3) is 4.71. The summed E-state index contributed by atoms with van der Waals surface area (Å²) in [6.07, 6.45) is -0.196. The van der Waals surface area contributed by atoms with Crippen molar-refractivity contribution in [3.05, 3.63) is 30.3 Å². The summed E-state index contributed by atoms with van der Waals surface area (Å²) in [7, 11) is 0. The van der Waals surface area contributed by atoms with Crippen LogP contribution in [-0.4, -0.2) is 52.5 Å². The highest BCUT2D eigenvalue weighted by Gasteiger charge is 2.43. The molecule has 1 aromatic carbocycles. The van der Waals surface area contributed by atoms with Crippen LogP contribution in [0.25, 0.3) is 0 Å². The van der Waals surface area contributed by atoms with Crippen LogP contribution < -0.4 is 10.1 Å². The summed E-state index contributed by atoms with van der Waals surface area (Å²) < 4.78 is 5.81. The van der Waals surface area contributed by atoms with Crippen LogP contribution >= 0.6 is 0 Å². The molecule has 0 radical (unpaired) electrons. The fraction of sp³-hybridized carbons (Fsp3) is 0.500. The second-order valence-electron chi connectivity index (χ2n) is 6.56. The van der Waals surface area contributed by atoms with Crippen molar-refractivity contribution in [2.45, 2.75) is 45.4 Å². The molecule has 25 heavy (non-hydrogen) atoms. The number of likely N-dealkylation sites (tertiary alicyclic amines) is 1. The Morgan fingerprint density at radius 1 is 1.24 bits per heavy atom. The van der Waals surface area contributed by atoms with Crippen molar-refractivity contribution < 1.29 is 24.2 Å². The molecule has 1 aromatic rings. The highest BCUT2D eigenvalue weighted by atomic mass is 16.5. The van der Waals surface area contributed by atoms with E-state index in [1.165, 1.54) is 11.8 Å². The van der Waals surface area contributed by atoms with Gasteiger partial charge in [-0.2, -0.15) is 0 Å². The molecule has 2 N–H and O–H groups in total. The number of ether oxygens (including phenoxy) is 1. The summed E-state index contributed by atoms with van der Waals surface area (Å²) in [5.74, 6) is -1.31. The lowest BCUT2D eigenvalue weighted by Gasteiger charge is -2.29. The minimum atomic E-state index is -1.07. The largest absolute Gasteiger partial charge is 0.488 e. The number of hydrogen-bond donors (Lipinski definition) is 2. The van der Waals surface area contributed by atoms with Crippen LogP contribution in [0.5, 0.6) is 5.75 Å². The number of amides is 2. The Balaban J connectivity index is 2.15. The minimum absolute atomic E-state index is 0.153. The lowest BCUT2D eigenvalue weighted by molar-refractivity contribution is -0.149. The van der Waals surface area contributed by atoms with Crippen molar-refractivity contribution in [3.8, 4) is 5.75 Å². The predicted octanol–water partition coefficient (Wildman–Crippen LogP) is 1.28. The second-order valence-corrected chi connectivity index (χ2v) is 6.56. The standard InChI is InChI=1S/C18H24N2O5/c1-11(2)16(19-12(3)21)17(22)20-10-14(9-15(20)18(23)24)25-13-7-5-4-6-8-13/h4-8,11,14-16H,9-10H2,1-3H3,(H,19,21)(H,23,24)/t14-,15-,16?/m0/s1. The second kappa shape index (κ2) is 8.00. The number of aliphatic carboxylic acids is 1. The monoisotopic (exact) mass is 348 g/mol. The summed E-state index contributed by atoms with van der Waals surface area (Å²) in [6.45, 7) is 5.13. The maximum Gasteiger partial charge on any atom is 0.326 e. The van der Waals surface area contributed by atoms with E-state index in [0.717, 1.165) is 0 Å². The number of rotatable bonds is 6. The molecule has 0 aliphatic carbocycles. The molecule has 2 amide bonds. The van der Waals surface area contributed by atoms with Crippen LogP contribution in [0.3, 0.4) is 0 Å². The normalized spacial score (nSPS) is 21.0. The van der Waals surface area contributed by atoms with Crippen molar-refractivity contribution in [1.29, 1.82) is 0 Å². The maximum atomic E-state index is 12.8. The van der Waals surface area contributed by atoms with Crippen molar-refractivity contribution in [2.75, 3.05) is 6.54 Å². The van der Waals surface area contributed by atoms with Crippen molar-refractivity contribution in [3.63, 3.8) is 0 Å². The molecule has 1 saturated heterocycles. The van der Waals surface area contributed by atoms with Crippen LogP contribution in [-0.2, 0) is 14.4 Å². The predicted molar refractivity (Wildman–Crippen MR) is 91.1 cm³/mol. The molecule has 0 bridgehead atoms. The zero-order chi connectivity index (χ0) is 18.6. The first kappa shape index (κ1) is 18.8. The van der Waals surface area contributed by atoms with E-state index in [-0.39, 0.29) is 24.8 Å². The van der Waals surface area contributed by atoms with Gasteiger partial charge in [0.25, 0.3) is 0 Å². The molecular weight excluding hydrogens is 324 g/mol. The van der Waals surface area contributed by atoms with Gasteiger partial charge in [0.05, 0.1) is 6.54 Å². The summed E-state index contributed by atoms with van der Waals surface area (Å²) >= 11 is 0. The van der Waals surface area contributed by atoms with Crippen molar-refractivity contribution in [2.24, 2.45) is 5.92 Å². The van der Waals surface area contributed by atoms with Crippen LogP contribution in [0.15, 0.2) is 30.3 Å². The number of para-hydroxylation sites is 1. The van der Waals surface area contributed by atoms with E-state index in [1.807, 2.05) is 32.0 Å². The fourth-order valence-electron chi connectivity index (χ4n) is 2.96. The zero-order valence-electron chi connectivity index (χ0n) is 14.6. The zero-order valence-corrected chi connectivity index (χ0v) is 14.6. The van der Waals surface area contributed by atoms with Gasteiger partial charge in [-0.15, -0.1) is 0 Å². The Labute approximate surface area is 147 Å². The number of carbonyl (C=O) groups is 3. The van der Waals surface area contributed by atoms with Gasteiger partial charge in [-0.3, -0.25) is 9.59 Å². The fourth-order valence-corrected chi connectivity index (χ4v) is 2.96. The van der Waals surface area contributed by atoms with Gasteiger partial charge < -0.3 is 20.1 Å². The average molecular weight is 348 g/mol. The summed E-state index contributed by atoms with van der Waals surface area (Å²) in [4.78, 5) is 37.1. The molecular formula is C18H24N2O5. The number of benzene rings is 1. The lowest BCUT2D eigenvalue weighted by Crippen LogP contribution is -2.53. The molecule has 136 valence electrons. The van der Waals surface area contributed by atoms with Gasteiger partial charge in [0, 0.05) is 13.3 Å². The molecule has 0 aromatic heterocycles. The van der Waals surface area contributed by atoms with Gasteiger partial charge in [-0.25, -0.2) is 4.79 Å². The molecule has 1 aliphatic heterocycles. The number of carboxylic acid groups (broad SMARTS) is 1. The molecule has 1 aliphatic rings. The van der Waals surface area contributed by atoms with Gasteiger partial charge in [-0.05, 0) is 18.1 Å². The first-order valence-corrected chi connectivity index (χ1v) is 8.31. The highest BCUT2D eigenvalue weighted by molar-refractivity contribution is 5.90. The van der Waals surface area contributed by atoms with E-state index in [1.54, 1.807) is 12.1 Å². The Morgan fingerprint density at radius 2 is 1.88 bits per heavy atom. The van der Waals surface area contributed by atoms with E-state index in [2.05, 4.69) is 5.32 Å².